The van der Waals surface area contributed by atoms with E-state index in [0.29, 0.717) is 6.54 Å². The molecule has 0 atom stereocenters. The van der Waals surface area contributed by atoms with Gasteiger partial charge in [-0.25, -0.2) is 4.79 Å². The second-order valence-electron chi connectivity index (χ2n) is 6.21. The van der Waals surface area contributed by atoms with E-state index in [1.807, 2.05) is 72.8 Å². The van der Waals surface area contributed by atoms with Crippen LogP contribution in [0.15, 0.2) is 82.6 Å². The summed E-state index contributed by atoms with van der Waals surface area (Å²) < 4.78 is 5.26. The molecule has 1 heterocycles. The first-order valence-electron chi connectivity index (χ1n) is 8.83. The van der Waals surface area contributed by atoms with Crippen LogP contribution in [0.25, 0.3) is 0 Å². The van der Waals surface area contributed by atoms with Gasteiger partial charge in [0.15, 0.2) is 0 Å². The van der Waals surface area contributed by atoms with Crippen molar-refractivity contribution in [2.45, 2.75) is 16.2 Å². The normalized spacial score (nSPS) is 12.1. The first-order valence-corrected chi connectivity index (χ1v) is 9.65. The number of rotatable bonds is 4. The highest BCUT2D eigenvalue weighted by Gasteiger charge is 2.27. The molecule has 1 N–H and O–H groups in total. The van der Waals surface area contributed by atoms with E-state index in [4.69, 9.17) is 4.74 Å². The van der Waals surface area contributed by atoms with Gasteiger partial charge in [0.25, 0.3) is 0 Å². The molecule has 3 aromatic rings. The lowest BCUT2D eigenvalue weighted by Crippen LogP contribution is -2.39. The molecule has 0 fully saturated rings. The van der Waals surface area contributed by atoms with Crippen molar-refractivity contribution in [1.82, 2.24) is 5.32 Å². The molecular weight excluding hydrogens is 356 g/mol. The third kappa shape index (κ3) is 3.64. The molecule has 0 saturated heterocycles. The molecular formula is C22H20N2O2S. The van der Waals surface area contributed by atoms with Crippen molar-refractivity contribution in [3.63, 3.8) is 0 Å². The number of ether oxygens (including phenoxy) is 1. The molecule has 3 aromatic carbocycles. The van der Waals surface area contributed by atoms with E-state index in [-0.39, 0.29) is 6.03 Å². The average Bonchev–Trinajstić information content (AvgIpc) is 2.72. The highest BCUT2D eigenvalue weighted by molar-refractivity contribution is 7.99. The minimum absolute atomic E-state index is 0.113. The van der Waals surface area contributed by atoms with E-state index in [1.54, 1.807) is 23.8 Å². The lowest BCUT2D eigenvalue weighted by molar-refractivity contribution is 0.248. The zero-order valence-electron chi connectivity index (χ0n) is 15.0. The number of carbonyl (C=O) groups excluding carboxylic acids is 1. The van der Waals surface area contributed by atoms with Gasteiger partial charge in [-0.1, -0.05) is 48.2 Å². The predicted octanol–water partition coefficient (Wildman–Crippen LogP) is 5.25. The molecule has 0 spiro atoms. The quantitative estimate of drug-likeness (QED) is 0.676. The smallest absolute Gasteiger partial charge is 0.326 e. The third-order valence-electron chi connectivity index (χ3n) is 4.46. The summed E-state index contributed by atoms with van der Waals surface area (Å²) in [5, 5.41) is 3.06. The summed E-state index contributed by atoms with van der Waals surface area (Å²) >= 11 is 1.69. The SMILES string of the molecule is COc1cccc(CCNC(=O)N2c3ccccc3Sc3ccccc32)c1. The fourth-order valence-electron chi connectivity index (χ4n) is 3.14. The maximum atomic E-state index is 13.0. The Hall–Kier alpha value is -2.92. The molecule has 1 aliphatic heterocycles. The van der Waals surface area contributed by atoms with Crippen molar-refractivity contribution in [3.05, 3.63) is 78.4 Å². The van der Waals surface area contributed by atoms with Gasteiger partial charge in [0.1, 0.15) is 5.75 Å². The minimum atomic E-state index is -0.113. The highest BCUT2D eigenvalue weighted by atomic mass is 32.2. The summed E-state index contributed by atoms with van der Waals surface area (Å²) in [5.74, 6) is 0.828. The molecule has 1 aliphatic rings. The van der Waals surface area contributed by atoms with Gasteiger partial charge in [0, 0.05) is 16.3 Å². The Bertz CT molecular complexity index is 928. The highest BCUT2D eigenvalue weighted by Crippen LogP contribution is 2.47. The van der Waals surface area contributed by atoms with Crippen molar-refractivity contribution >= 4 is 29.2 Å². The largest absolute Gasteiger partial charge is 0.497 e. The van der Waals surface area contributed by atoms with Gasteiger partial charge < -0.3 is 10.1 Å². The van der Waals surface area contributed by atoms with E-state index >= 15 is 0 Å². The Kier molecular flexibility index (Phi) is 5.03. The van der Waals surface area contributed by atoms with Crippen LogP contribution >= 0.6 is 11.8 Å². The molecule has 0 unspecified atom stereocenters. The summed E-state index contributed by atoms with van der Waals surface area (Å²) in [7, 11) is 1.66. The summed E-state index contributed by atoms with van der Waals surface area (Å²) in [5.41, 5.74) is 2.96. The molecule has 0 aliphatic carbocycles. The summed E-state index contributed by atoms with van der Waals surface area (Å²) in [6.07, 6.45) is 0.745. The first kappa shape index (κ1) is 17.5. The van der Waals surface area contributed by atoms with Crippen LogP contribution in [0, 0.1) is 0 Å². The second kappa shape index (κ2) is 7.76. The molecule has 0 saturated carbocycles. The van der Waals surface area contributed by atoms with E-state index < -0.39 is 0 Å². The number of hydrogen-bond acceptors (Lipinski definition) is 3. The Morgan fingerprint density at radius 3 is 2.30 bits per heavy atom. The van der Waals surface area contributed by atoms with E-state index in [2.05, 4.69) is 5.32 Å². The zero-order valence-corrected chi connectivity index (χ0v) is 15.8. The standard InChI is InChI=1S/C22H20N2O2S/c1-26-17-8-6-7-16(15-17)13-14-23-22(25)24-18-9-2-4-11-20(18)27-21-12-5-3-10-19(21)24/h2-12,15H,13-14H2,1H3,(H,23,25). The van der Waals surface area contributed by atoms with Crippen LogP contribution in [0.5, 0.6) is 5.75 Å². The molecule has 27 heavy (non-hydrogen) atoms. The molecule has 2 amide bonds. The maximum absolute atomic E-state index is 13.0. The molecule has 136 valence electrons. The summed E-state index contributed by atoms with van der Waals surface area (Å²) in [6.45, 7) is 0.556. The van der Waals surface area contributed by atoms with Gasteiger partial charge in [-0.3, -0.25) is 4.90 Å². The minimum Gasteiger partial charge on any atom is -0.497 e. The molecule has 0 aromatic heterocycles. The van der Waals surface area contributed by atoms with Crippen molar-refractivity contribution < 1.29 is 9.53 Å². The zero-order chi connectivity index (χ0) is 18.6. The first-order chi connectivity index (χ1) is 13.3. The number of amides is 2. The van der Waals surface area contributed by atoms with Crippen LogP contribution in [0.2, 0.25) is 0 Å². The van der Waals surface area contributed by atoms with Gasteiger partial charge in [0.2, 0.25) is 0 Å². The van der Waals surface area contributed by atoms with Crippen LogP contribution in [-0.2, 0) is 6.42 Å². The number of nitrogens with one attached hydrogen (secondary N) is 1. The van der Waals surface area contributed by atoms with Gasteiger partial charge in [0.05, 0.1) is 18.5 Å². The fourth-order valence-corrected chi connectivity index (χ4v) is 4.20. The van der Waals surface area contributed by atoms with Crippen LogP contribution in [0.3, 0.4) is 0 Å². The van der Waals surface area contributed by atoms with Gasteiger partial charge >= 0.3 is 6.03 Å². The molecule has 0 radical (unpaired) electrons. The molecule has 0 bridgehead atoms. The molecule has 5 heteroatoms. The number of para-hydroxylation sites is 2. The predicted molar refractivity (Wildman–Crippen MR) is 109 cm³/mol. The van der Waals surface area contributed by atoms with Crippen molar-refractivity contribution in [2.24, 2.45) is 0 Å². The summed E-state index contributed by atoms with van der Waals surface area (Å²) in [6, 6.07) is 23.8. The van der Waals surface area contributed by atoms with Crippen LogP contribution in [-0.4, -0.2) is 19.7 Å². The van der Waals surface area contributed by atoms with Crippen molar-refractivity contribution in [3.8, 4) is 5.75 Å². The number of methoxy groups -OCH3 is 1. The number of urea groups is 1. The third-order valence-corrected chi connectivity index (χ3v) is 5.59. The van der Waals surface area contributed by atoms with E-state index in [0.717, 1.165) is 38.9 Å². The van der Waals surface area contributed by atoms with Crippen LogP contribution in [0.1, 0.15) is 5.56 Å². The van der Waals surface area contributed by atoms with Crippen LogP contribution < -0.4 is 15.0 Å². The topological polar surface area (TPSA) is 41.6 Å². The number of benzene rings is 3. The monoisotopic (exact) mass is 376 g/mol. The molecule has 4 rings (SSSR count). The van der Waals surface area contributed by atoms with Crippen molar-refractivity contribution in [2.75, 3.05) is 18.6 Å². The van der Waals surface area contributed by atoms with Gasteiger partial charge in [-0.05, 0) is 48.4 Å². The van der Waals surface area contributed by atoms with Crippen LogP contribution in [0.4, 0.5) is 16.2 Å². The lowest BCUT2D eigenvalue weighted by atomic mass is 10.1. The Balaban J connectivity index is 1.51. The lowest BCUT2D eigenvalue weighted by Gasteiger charge is -2.31. The Morgan fingerprint density at radius 2 is 1.63 bits per heavy atom. The Morgan fingerprint density at radius 1 is 0.963 bits per heavy atom. The van der Waals surface area contributed by atoms with E-state index in [1.165, 1.54) is 0 Å². The number of fused-ring (bicyclic) bond motifs is 2. The van der Waals surface area contributed by atoms with Crippen molar-refractivity contribution in [1.29, 1.82) is 0 Å². The van der Waals surface area contributed by atoms with Gasteiger partial charge in [-0.2, -0.15) is 0 Å². The number of hydrogen-bond donors (Lipinski definition) is 1. The number of carbonyl (C=O) groups is 1. The summed E-state index contributed by atoms with van der Waals surface area (Å²) in [4.78, 5) is 17.0. The fraction of sp³-hybridized carbons (Fsp3) is 0.136. The van der Waals surface area contributed by atoms with E-state index in [9.17, 15) is 4.79 Å². The second-order valence-corrected chi connectivity index (χ2v) is 7.29. The maximum Gasteiger partial charge on any atom is 0.326 e. The number of nitrogens with zero attached hydrogens (tertiary/aromatic N) is 1. The average molecular weight is 376 g/mol. The molecule has 4 nitrogen and oxygen atoms in total. The Labute approximate surface area is 163 Å². The van der Waals surface area contributed by atoms with Gasteiger partial charge in [-0.15, -0.1) is 0 Å². The number of anilines is 2.